The van der Waals surface area contributed by atoms with Gasteiger partial charge >= 0.3 is 0 Å². The number of carbonyl (C=O) groups is 1. The smallest absolute Gasteiger partial charge is 0.274 e. The summed E-state index contributed by atoms with van der Waals surface area (Å²) in [5, 5.41) is 0.705. The van der Waals surface area contributed by atoms with Crippen LogP contribution in [0.1, 0.15) is 28.9 Å². The van der Waals surface area contributed by atoms with Gasteiger partial charge in [-0.3, -0.25) is 4.79 Å². The predicted molar refractivity (Wildman–Crippen MR) is 106 cm³/mol. The van der Waals surface area contributed by atoms with E-state index < -0.39 is 0 Å². The molecule has 0 spiro atoms. The first kappa shape index (κ1) is 17.9. The molecule has 5 nitrogen and oxygen atoms in total. The molecule has 3 aromatic rings. The van der Waals surface area contributed by atoms with Gasteiger partial charge in [0.2, 0.25) is 0 Å². The lowest BCUT2D eigenvalue weighted by Gasteiger charge is -2.31. The number of ether oxygens (including phenoxy) is 1. The molecule has 0 N–H and O–H groups in total. The molecule has 4 rings (SSSR count). The zero-order valence-corrected chi connectivity index (χ0v) is 16.0. The van der Waals surface area contributed by atoms with Crippen molar-refractivity contribution in [2.75, 3.05) is 19.7 Å². The van der Waals surface area contributed by atoms with E-state index in [1.54, 1.807) is 0 Å². The van der Waals surface area contributed by atoms with Crippen molar-refractivity contribution in [2.45, 2.75) is 19.8 Å². The number of fused-ring (bicyclic) bond motifs is 1. The van der Waals surface area contributed by atoms with Gasteiger partial charge in [-0.05, 0) is 61.6 Å². The summed E-state index contributed by atoms with van der Waals surface area (Å²) < 4.78 is 7.77. The normalized spacial score (nSPS) is 15.3. The van der Waals surface area contributed by atoms with Gasteiger partial charge in [-0.25, -0.2) is 4.98 Å². The predicted octanol–water partition coefficient (Wildman–Crippen LogP) is 4.23. The summed E-state index contributed by atoms with van der Waals surface area (Å²) in [6, 6.07) is 11.4. The highest BCUT2D eigenvalue weighted by Gasteiger charge is 2.25. The van der Waals surface area contributed by atoms with Gasteiger partial charge in [0.25, 0.3) is 5.91 Å². The monoisotopic (exact) mass is 383 g/mol. The number of nitrogens with zero attached hydrogens (tertiary/aromatic N) is 3. The Morgan fingerprint density at radius 1 is 1.22 bits per heavy atom. The third-order valence-electron chi connectivity index (χ3n) is 5.10. The van der Waals surface area contributed by atoms with Crippen molar-refractivity contribution in [3.63, 3.8) is 0 Å². The Kier molecular flexibility index (Phi) is 5.03. The first-order chi connectivity index (χ1) is 13.1. The van der Waals surface area contributed by atoms with Crippen LogP contribution in [0.2, 0.25) is 5.02 Å². The topological polar surface area (TPSA) is 46.8 Å². The van der Waals surface area contributed by atoms with Crippen LogP contribution in [0.3, 0.4) is 0 Å². The summed E-state index contributed by atoms with van der Waals surface area (Å²) in [4.78, 5) is 19.2. The summed E-state index contributed by atoms with van der Waals surface area (Å²) in [5.41, 5.74) is 2.42. The van der Waals surface area contributed by atoms with E-state index in [1.807, 2.05) is 65.0 Å². The molecule has 140 valence electrons. The maximum absolute atomic E-state index is 12.8. The number of hydrogen-bond acceptors (Lipinski definition) is 3. The molecule has 6 heteroatoms. The van der Waals surface area contributed by atoms with Crippen molar-refractivity contribution in [2.24, 2.45) is 5.92 Å². The lowest BCUT2D eigenvalue weighted by atomic mass is 9.97. The highest BCUT2D eigenvalue weighted by atomic mass is 35.5. The molecule has 2 aromatic heterocycles. The Morgan fingerprint density at radius 2 is 1.96 bits per heavy atom. The Balaban J connectivity index is 1.33. The third kappa shape index (κ3) is 3.93. The molecule has 0 atom stereocenters. The second-order valence-electron chi connectivity index (χ2n) is 7.05. The van der Waals surface area contributed by atoms with Crippen molar-refractivity contribution in [1.82, 2.24) is 14.3 Å². The first-order valence-electron chi connectivity index (χ1n) is 9.22. The number of imidazole rings is 1. The van der Waals surface area contributed by atoms with E-state index in [-0.39, 0.29) is 5.91 Å². The van der Waals surface area contributed by atoms with E-state index in [0.717, 1.165) is 42.9 Å². The number of rotatable bonds is 4. The van der Waals surface area contributed by atoms with Crippen molar-refractivity contribution in [1.29, 1.82) is 0 Å². The Morgan fingerprint density at radius 3 is 2.67 bits per heavy atom. The standard InChI is InChI=1S/C21H22ClN3O2/c1-15-3-2-10-25-13-19(23-20(15)25)21(26)24-11-8-16(9-12-24)14-27-18-6-4-17(22)5-7-18/h2-7,10,13,16H,8-9,11-12,14H2,1H3. The van der Waals surface area contributed by atoms with Gasteiger partial charge in [0.1, 0.15) is 17.1 Å². The van der Waals surface area contributed by atoms with Crippen LogP contribution in [0, 0.1) is 12.8 Å². The van der Waals surface area contributed by atoms with Crippen LogP contribution in [0.4, 0.5) is 0 Å². The van der Waals surface area contributed by atoms with E-state index in [2.05, 4.69) is 4.98 Å². The van der Waals surface area contributed by atoms with Gasteiger partial charge in [0, 0.05) is 30.5 Å². The highest BCUT2D eigenvalue weighted by molar-refractivity contribution is 6.30. The fourth-order valence-corrected chi connectivity index (χ4v) is 3.59. The average molecular weight is 384 g/mol. The Labute approximate surface area is 163 Å². The van der Waals surface area contributed by atoms with Gasteiger partial charge in [-0.2, -0.15) is 0 Å². The van der Waals surface area contributed by atoms with Gasteiger partial charge in [0.05, 0.1) is 6.61 Å². The van der Waals surface area contributed by atoms with Crippen LogP contribution in [0.5, 0.6) is 5.75 Å². The van der Waals surface area contributed by atoms with Gasteiger partial charge in [-0.15, -0.1) is 0 Å². The maximum atomic E-state index is 12.8. The molecule has 27 heavy (non-hydrogen) atoms. The van der Waals surface area contributed by atoms with Crippen molar-refractivity contribution in [3.8, 4) is 5.75 Å². The number of piperidine rings is 1. The lowest BCUT2D eigenvalue weighted by molar-refractivity contribution is 0.0656. The number of halogens is 1. The maximum Gasteiger partial charge on any atom is 0.274 e. The van der Waals surface area contributed by atoms with Gasteiger partial charge in [-0.1, -0.05) is 17.7 Å². The van der Waals surface area contributed by atoms with Crippen LogP contribution in [-0.2, 0) is 0 Å². The minimum atomic E-state index is 0.00942. The molecule has 0 unspecified atom stereocenters. The fraction of sp³-hybridized carbons (Fsp3) is 0.333. The van der Waals surface area contributed by atoms with E-state index in [4.69, 9.17) is 16.3 Å². The van der Waals surface area contributed by atoms with E-state index in [1.165, 1.54) is 0 Å². The minimum absolute atomic E-state index is 0.00942. The molecule has 1 amide bonds. The number of aryl methyl sites for hydroxylation is 1. The molecular formula is C21H22ClN3O2. The summed E-state index contributed by atoms with van der Waals surface area (Å²) in [5.74, 6) is 1.29. The Hall–Kier alpha value is -2.53. The summed E-state index contributed by atoms with van der Waals surface area (Å²) in [6.07, 6.45) is 5.62. The molecule has 1 aliphatic rings. The summed E-state index contributed by atoms with van der Waals surface area (Å²) in [6.45, 7) is 4.14. The van der Waals surface area contributed by atoms with Crippen LogP contribution < -0.4 is 4.74 Å². The number of benzene rings is 1. The third-order valence-corrected chi connectivity index (χ3v) is 5.35. The second-order valence-corrected chi connectivity index (χ2v) is 7.49. The summed E-state index contributed by atoms with van der Waals surface area (Å²) in [7, 11) is 0. The molecule has 1 fully saturated rings. The van der Waals surface area contributed by atoms with Crippen molar-refractivity contribution in [3.05, 3.63) is 65.1 Å². The van der Waals surface area contributed by atoms with Gasteiger partial charge in [0.15, 0.2) is 0 Å². The zero-order chi connectivity index (χ0) is 18.8. The SMILES string of the molecule is Cc1cccn2cc(C(=O)N3CCC(COc4ccc(Cl)cc4)CC3)nc12. The molecule has 3 heterocycles. The van der Waals surface area contributed by atoms with Crippen LogP contribution >= 0.6 is 11.6 Å². The van der Waals surface area contributed by atoms with E-state index >= 15 is 0 Å². The summed E-state index contributed by atoms with van der Waals surface area (Å²) >= 11 is 5.89. The number of aromatic nitrogens is 2. The molecule has 0 saturated carbocycles. The number of carbonyl (C=O) groups excluding carboxylic acids is 1. The lowest BCUT2D eigenvalue weighted by Crippen LogP contribution is -2.39. The molecule has 0 radical (unpaired) electrons. The molecular weight excluding hydrogens is 362 g/mol. The van der Waals surface area contributed by atoms with E-state index in [9.17, 15) is 4.79 Å². The van der Waals surface area contributed by atoms with Crippen molar-refractivity contribution >= 4 is 23.2 Å². The molecule has 1 aliphatic heterocycles. The Bertz CT molecular complexity index is 944. The molecule has 1 aromatic carbocycles. The average Bonchev–Trinajstić information content (AvgIpc) is 3.13. The molecule has 0 bridgehead atoms. The fourth-order valence-electron chi connectivity index (χ4n) is 3.47. The molecule has 0 aliphatic carbocycles. The highest BCUT2D eigenvalue weighted by Crippen LogP contribution is 2.22. The van der Waals surface area contributed by atoms with Crippen LogP contribution in [-0.4, -0.2) is 39.9 Å². The minimum Gasteiger partial charge on any atom is -0.493 e. The van der Waals surface area contributed by atoms with Crippen molar-refractivity contribution < 1.29 is 9.53 Å². The number of hydrogen-bond donors (Lipinski definition) is 0. The van der Waals surface area contributed by atoms with Crippen LogP contribution in [0.25, 0.3) is 5.65 Å². The number of likely N-dealkylation sites (tertiary alicyclic amines) is 1. The largest absolute Gasteiger partial charge is 0.493 e. The van der Waals surface area contributed by atoms with E-state index in [0.29, 0.717) is 23.2 Å². The first-order valence-corrected chi connectivity index (χ1v) is 9.60. The van der Waals surface area contributed by atoms with Crippen LogP contribution in [0.15, 0.2) is 48.8 Å². The zero-order valence-electron chi connectivity index (χ0n) is 15.3. The second kappa shape index (κ2) is 7.61. The number of amides is 1. The number of pyridine rings is 1. The quantitative estimate of drug-likeness (QED) is 0.677. The van der Waals surface area contributed by atoms with Gasteiger partial charge < -0.3 is 14.0 Å². The molecule has 1 saturated heterocycles.